The maximum atomic E-state index is 5.33. The summed E-state index contributed by atoms with van der Waals surface area (Å²) in [5, 5.41) is 3.21. The van der Waals surface area contributed by atoms with Crippen molar-refractivity contribution in [2.45, 2.75) is 130 Å². The van der Waals surface area contributed by atoms with E-state index in [1.54, 1.807) is 0 Å². The van der Waals surface area contributed by atoms with Gasteiger partial charge in [0.1, 0.15) is 0 Å². The SMILES string of the molecule is CCCCCCCCCCCCCCCNC.CCCOCCCCOCCC. The van der Waals surface area contributed by atoms with Crippen molar-refractivity contribution in [2.75, 3.05) is 40.0 Å². The Balaban J connectivity index is 0. The molecule has 0 aromatic carbocycles. The number of hydrogen-bond acceptors (Lipinski definition) is 3. The molecule has 0 heterocycles. The second-order valence-corrected chi connectivity index (χ2v) is 8.28. The van der Waals surface area contributed by atoms with Crippen molar-refractivity contribution in [3.63, 3.8) is 0 Å². The largest absolute Gasteiger partial charge is 0.381 e. The molecule has 3 heteroatoms. The van der Waals surface area contributed by atoms with Gasteiger partial charge in [0.05, 0.1) is 0 Å². The van der Waals surface area contributed by atoms with Crippen LogP contribution in [0.4, 0.5) is 0 Å². The molecule has 0 saturated carbocycles. The van der Waals surface area contributed by atoms with Gasteiger partial charge in [-0.2, -0.15) is 0 Å². The average Bonchev–Trinajstić information content (AvgIpc) is 2.74. The molecule has 0 aliphatic rings. The van der Waals surface area contributed by atoms with Crippen LogP contribution in [0.25, 0.3) is 0 Å². The summed E-state index contributed by atoms with van der Waals surface area (Å²) in [7, 11) is 2.04. The average molecular weight is 416 g/mol. The molecule has 3 nitrogen and oxygen atoms in total. The van der Waals surface area contributed by atoms with E-state index in [-0.39, 0.29) is 0 Å². The molecule has 0 fully saturated rings. The molecular weight excluding hydrogens is 358 g/mol. The monoisotopic (exact) mass is 415 g/mol. The smallest absolute Gasteiger partial charge is 0.0466 e. The number of unbranched alkanes of at least 4 members (excludes halogenated alkanes) is 13. The molecule has 178 valence electrons. The van der Waals surface area contributed by atoms with Crippen molar-refractivity contribution < 1.29 is 9.47 Å². The molecule has 0 rings (SSSR count). The Hall–Kier alpha value is -0.120. The summed E-state index contributed by atoms with van der Waals surface area (Å²) in [4.78, 5) is 0. The van der Waals surface area contributed by atoms with E-state index in [1.165, 1.54) is 90.0 Å². The Morgan fingerprint density at radius 3 is 1.14 bits per heavy atom. The van der Waals surface area contributed by atoms with Crippen LogP contribution in [-0.2, 0) is 9.47 Å². The quantitative estimate of drug-likeness (QED) is 0.172. The molecule has 0 saturated heterocycles. The van der Waals surface area contributed by atoms with Gasteiger partial charge in [-0.3, -0.25) is 0 Å². The Labute approximate surface area is 185 Å². The lowest BCUT2D eigenvalue weighted by molar-refractivity contribution is 0.103. The zero-order valence-corrected chi connectivity index (χ0v) is 20.9. The van der Waals surface area contributed by atoms with Crippen LogP contribution < -0.4 is 5.32 Å². The van der Waals surface area contributed by atoms with E-state index in [0.717, 1.165) is 52.1 Å². The predicted octanol–water partition coefficient (Wildman–Crippen LogP) is 7.92. The first-order valence-electron chi connectivity index (χ1n) is 13.1. The first kappa shape index (κ1) is 31.1. The van der Waals surface area contributed by atoms with E-state index in [0.29, 0.717) is 0 Å². The summed E-state index contributed by atoms with van der Waals surface area (Å²) in [5.41, 5.74) is 0. The fourth-order valence-electron chi connectivity index (χ4n) is 3.22. The lowest BCUT2D eigenvalue weighted by Gasteiger charge is -2.03. The Morgan fingerprint density at radius 2 is 0.793 bits per heavy atom. The molecule has 0 aromatic rings. The van der Waals surface area contributed by atoms with Gasteiger partial charge >= 0.3 is 0 Å². The standard InChI is InChI=1S/C16H35N.C10H22O2/c1-3-4-5-6-7-8-9-10-11-12-13-14-15-16-17-2;1-3-7-11-9-5-6-10-12-8-4-2/h17H,3-16H2,1-2H3;3-10H2,1-2H3. The normalized spacial score (nSPS) is 10.8. The van der Waals surface area contributed by atoms with Crippen LogP contribution in [0.2, 0.25) is 0 Å². The molecule has 0 amide bonds. The first-order chi connectivity index (χ1) is 14.3. The van der Waals surface area contributed by atoms with Crippen LogP contribution in [0, 0.1) is 0 Å². The minimum atomic E-state index is 0.892. The van der Waals surface area contributed by atoms with Gasteiger partial charge in [-0.25, -0.2) is 0 Å². The molecule has 29 heavy (non-hydrogen) atoms. The highest BCUT2D eigenvalue weighted by Crippen LogP contribution is 2.12. The molecule has 0 aliphatic carbocycles. The highest BCUT2D eigenvalue weighted by atomic mass is 16.5. The molecule has 0 unspecified atom stereocenters. The number of rotatable bonds is 23. The Bertz CT molecular complexity index is 225. The predicted molar refractivity (Wildman–Crippen MR) is 131 cm³/mol. The van der Waals surface area contributed by atoms with Gasteiger partial charge < -0.3 is 14.8 Å². The zero-order valence-electron chi connectivity index (χ0n) is 20.9. The van der Waals surface area contributed by atoms with Crippen LogP contribution in [0.3, 0.4) is 0 Å². The van der Waals surface area contributed by atoms with Gasteiger partial charge in [-0.1, -0.05) is 97.8 Å². The van der Waals surface area contributed by atoms with E-state index >= 15 is 0 Å². The summed E-state index contributed by atoms with van der Waals surface area (Å²) in [6.45, 7) is 11.3. The third-order valence-corrected chi connectivity index (χ3v) is 5.05. The lowest BCUT2D eigenvalue weighted by atomic mass is 10.0. The summed E-state index contributed by atoms with van der Waals surface area (Å²) < 4.78 is 10.7. The lowest BCUT2D eigenvalue weighted by Crippen LogP contribution is -2.06. The van der Waals surface area contributed by atoms with Crippen LogP contribution in [0.1, 0.15) is 130 Å². The Morgan fingerprint density at radius 1 is 0.414 bits per heavy atom. The number of ether oxygens (including phenoxy) is 2. The fourth-order valence-corrected chi connectivity index (χ4v) is 3.22. The van der Waals surface area contributed by atoms with Crippen LogP contribution in [0.15, 0.2) is 0 Å². The summed E-state index contributed by atoms with van der Waals surface area (Å²) in [6.07, 6.45) is 23.3. The van der Waals surface area contributed by atoms with Crippen LogP contribution in [-0.4, -0.2) is 40.0 Å². The van der Waals surface area contributed by atoms with Crippen molar-refractivity contribution >= 4 is 0 Å². The third-order valence-electron chi connectivity index (χ3n) is 5.05. The maximum absolute atomic E-state index is 5.33. The van der Waals surface area contributed by atoms with E-state index in [4.69, 9.17) is 9.47 Å². The van der Waals surface area contributed by atoms with Crippen LogP contribution >= 0.6 is 0 Å². The van der Waals surface area contributed by atoms with E-state index in [9.17, 15) is 0 Å². The van der Waals surface area contributed by atoms with E-state index < -0.39 is 0 Å². The molecule has 1 N–H and O–H groups in total. The summed E-state index contributed by atoms with van der Waals surface area (Å²) in [5.74, 6) is 0. The fraction of sp³-hybridized carbons (Fsp3) is 1.00. The summed E-state index contributed by atoms with van der Waals surface area (Å²) >= 11 is 0. The van der Waals surface area contributed by atoms with Gasteiger partial charge in [0, 0.05) is 26.4 Å². The minimum absolute atomic E-state index is 0.892. The summed E-state index contributed by atoms with van der Waals surface area (Å²) in [6, 6.07) is 0. The third kappa shape index (κ3) is 35.7. The molecular formula is C26H57NO2. The molecule has 0 atom stereocenters. The van der Waals surface area contributed by atoms with Gasteiger partial charge in [0.15, 0.2) is 0 Å². The number of nitrogens with one attached hydrogen (secondary N) is 1. The van der Waals surface area contributed by atoms with Gasteiger partial charge in [-0.15, -0.1) is 0 Å². The highest BCUT2D eigenvalue weighted by molar-refractivity contribution is 4.49. The van der Waals surface area contributed by atoms with E-state index in [2.05, 4.69) is 26.1 Å². The molecule has 0 aromatic heterocycles. The molecule has 0 radical (unpaired) electrons. The topological polar surface area (TPSA) is 30.5 Å². The van der Waals surface area contributed by atoms with Crippen LogP contribution in [0.5, 0.6) is 0 Å². The number of hydrogen-bond donors (Lipinski definition) is 1. The van der Waals surface area contributed by atoms with Gasteiger partial charge in [0.2, 0.25) is 0 Å². The van der Waals surface area contributed by atoms with Crippen molar-refractivity contribution in [3.8, 4) is 0 Å². The van der Waals surface area contributed by atoms with E-state index in [1.807, 2.05) is 7.05 Å². The second-order valence-electron chi connectivity index (χ2n) is 8.28. The minimum Gasteiger partial charge on any atom is -0.381 e. The Kier molecular flexibility index (Phi) is 34.9. The van der Waals surface area contributed by atoms with Crippen molar-refractivity contribution in [1.82, 2.24) is 5.32 Å². The zero-order chi connectivity index (χ0) is 21.7. The van der Waals surface area contributed by atoms with Gasteiger partial charge in [0.25, 0.3) is 0 Å². The van der Waals surface area contributed by atoms with Crippen molar-refractivity contribution in [2.24, 2.45) is 0 Å². The second kappa shape index (κ2) is 32.5. The van der Waals surface area contributed by atoms with Crippen molar-refractivity contribution in [3.05, 3.63) is 0 Å². The van der Waals surface area contributed by atoms with Gasteiger partial charge in [-0.05, 0) is 45.7 Å². The molecule has 0 bridgehead atoms. The first-order valence-corrected chi connectivity index (χ1v) is 13.1. The highest BCUT2D eigenvalue weighted by Gasteiger charge is 1.93. The molecule has 0 spiro atoms. The molecule has 0 aliphatic heterocycles. The maximum Gasteiger partial charge on any atom is 0.0466 e. The van der Waals surface area contributed by atoms with Crippen molar-refractivity contribution in [1.29, 1.82) is 0 Å².